The summed E-state index contributed by atoms with van der Waals surface area (Å²) in [5, 5.41) is 2.54. The van der Waals surface area contributed by atoms with Crippen LogP contribution in [-0.2, 0) is 0 Å². The van der Waals surface area contributed by atoms with Gasteiger partial charge in [-0.2, -0.15) is 0 Å². The van der Waals surface area contributed by atoms with Gasteiger partial charge < -0.3 is 0 Å². The molecule has 0 unspecified atom stereocenters. The molecule has 0 atom stereocenters. The van der Waals surface area contributed by atoms with Gasteiger partial charge in [-0.05, 0) is 24.3 Å². The quantitative estimate of drug-likeness (QED) is 0.516. The van der Waals surface area contributed by atoms with E-state index in [9.17, 15) is 0 Å². The van der Waals surface area contributed by atoms with E-state index in [1.54, 1.807) is 12.1 Å². The average molecular weight is 264 g/mol. The number of aromatic nitrogens is 2. The number of para-hydroxylation sites is 2. The molecule has 0 aliphatic carbocycles. The molecule has 0 amide bonds. The minimum Gasteiger partial charge on any atom is -0.273 e. The van der Waals surface area contributed by atoms with Crippen molar-refractivity contribution in [2.75, 3.05) is 0 Å². The first-order valence-corrected chi connectivity index (χ1v) is 6.96. The molecule has 0 aliphatic heterocycles. The fraction of sp³-hybridized carbons (Fsp3) is 0. The van der Waals surface area contributed by atoms with Gasteiger partial charge in [0.15, 0.2) is 0 Å². The largest absolute Gasteiger partial charge is 0.273 e. The Morgan fingerprint density at radius 3 is 1.58 bits per heavy atom. The molecule has 0 fully saturated rings. The van der Waals surface area contributed by atoms with Crippen LogP contribution in [0.15, 0.2) is 73.1 Å². The maximum absolute atomic E-state index is 2.20. The van der Waals surface area contributed by atoms with Crippen LogP contribution < -0.4 is 0 Å². The van der Waals surface area contributed by atoms with Gasteiger partial charge in [0.2, 0.25) is 0 Å². The first-order valence-electron chi connectivity index (χ1n) is 6.23. The predicted octanol–water partition coefficient (Wildman–Crippen LogP) is 4.56. The third-order valence-corrected chi connectivity index (χ3v) is 4.29. The minimum absolute atomic E-state index is 1.24. The topological polar surface area (TPSA) is 9.86 Å². The van der Waals surface area contributed by atoms with Gasteiger partial charge in [-0.1, -0.05) is 36.4 Å². The highest BCUT2D eigenvalue weighted by Crippen LogP contribution is 2.25. The standard InChI is InChI=1S/C16H12N2S/c1-3-7-15-13(5-1)9-11-17(15)19-18-12-10-14-6-2-4-8-16(14)18/h1-12H. The summed E-state index contributed by atoms with van der Waals surface area (Å²) in [5.41, 5.74) is 2.48. The van der Waals surface area contributed by atoms with Gasteiger partial charge in [0, 0.05) is 23.2 Å². The molecule has 3 heteroatoms. The number of nitrogens with zero attached hydrogens (tertiary/aromatic N) is 2. The predicted molar refractivity (Wildman–Crippen MR) is 82.3 cm³/mol. The van der Waals surface area contributed by atoms with Crippen LogP contribution in [0.3, 0.4) is 0 Å². The van der Waals surface area contributed by atoms with Crippen LogP contribution >= 0.6 is 12.1 Å². The van der Waals surface area contributed by atoms with E-state index in [2.05, 4.69) is 81.0 Å². The van der Waals surface area contributed by atoms with E-state index in [0.29, 0.717) is 0 Å². The molecule has 0 bridgehead atoms. The highest BCUT2D eigenvalue weighted by Gasteiger charge is 2.04. The van der Waals surface area contributed by atoms with E-state index in [0.717, 1.165) is 0 Å². The van der Waals surface area contributed by atoms with E-state index >= 15 is 0 Å². The van der Waals surface area contributed by atoms with E-state index in [1.807, 2.05) is 0 Å². The Morgan fingerprint density at radius 1 is 0.579 bits per heavy atom. The summed E-state index contributed by atoms with van der Waals surface area (Å²) in [5.74, 6) is 0. The van der Waals surface area contributed by atoms with Crippen LogP contribution in [0.5, 0.6) is 0 Å². The number of hydrogen-bond acceptors (Lipinski definition) is 1. The molecule has 2 heterocycles. The lowest BCUT2D eigenvalue weighted by Gasteiger charge is -2.06. The Kier molecular flexibility index (Phi) is 2.38. The van der Waals surface area contributed by atoms with Gasteiger partial charge in [0.1, 0.15) is 0 Å². The summed E-state index contributed by atoms with van der Waals surface area (Å²) in [7, 11) is 0. The van der Waals surface area contributed by atoms with Crippen LogP contribution in [0.25, 0.3) is 21.8 Å². The monoisotopic (exact) mass is 264 g/mol. The lowest BCUT2D eigenvalue weighted by molar-refractivity contribution is 1.26. The second kappa shape index (κ2) is 4.21. The van der Waals surface area contributed by atoms with Crippen LogP contribution in [0, 0.1) is 0 Å². The summed E-state index contributed by atoms with van der Waals surface area (Å²) in [6.07, 6.45) is 4.23. The number of fused-ring (bicyclic) bond motifs is 2. The zero-order chi connectivity index (χ0) is 12.7. The third kappa shape index (κ3) is 1.74. The van der Waals surface area contributed by atoms with Gasteiger partial charge in [0.05, 0.1) is 23.2 Å². The summed E-state index contributed by atoms with van der Waals surface area (Å²) in [6.45, 7) is 0. The molecule has 0 saturated heterocycles. The maximum Gasteiger partial charge on any atom is 0.0805 e. The molecule has 4 aromatic rings. The number of benzene rings is 2. The molecule has 2 aromatic heterocycles. The Morgan fingerprint density at radius 2 is 1.05 bits per heavy atom. The van der Waals surface area contributed by atoms with Crippen molar-refractivity contribution in [2.45, 2.75) is 0 Å². The smallest absolute Gasteiger partial charge is 0.0805 e. The number of hydrogen-bond donors (Lipinski definition) is 0. The maximum atomic E-state index is 2.20. The Labute approximate surface area is 115 Å². The summed E-state index contributed by atoms with van der Waals surface area (Å²) >= 11 is 1.69. The lowest BCUT2D eigenvalue weighted by atomic mass is 10.3. The first kappa shape index (κ1) is 10.8. The number of rotatable bonds is 2. The Hall–Kier alpha value is -2.13. The average Bonchev–Trinajstić information content (AvgIpc) is 3.05. The first-order chi connectivity index (χ1) is 9.42. The van der Waals surface area contributed by atoms with E-state index in [4.69, 9.17) is 0 Å². The molecule has 2 aromatic carbocycles. The van der Waals surface area contributed by atoms with Gasteiger partial charge in [-0.25, -0.2) is 0 Å². The minimum atomic E-state index is 1.24. The lowest BCUT2D eigenvalue weighted by Crippen LogP contribution is -1.91. The molecule has 0 aliphatic rings. The fourth-order valence-corrected chi connectivity index (χ4v) is 3.28. The highest BCUT2D eigenvalue weighted by atomic mass is 32.2. The highest BCUT2D eigenvalue weighted by molar-refractivity contribution is 7.96. The van der Waals surface area contributed by atoms with Crippen LogP contribution in [-0.4, -0.2) is 7.94 Å². The Bertz CT molecular complexity index is 785. The van der Waals surface area contributed by atoms with Crippen molar-refractivity contribution in [1.29, 1.82) is 0 Å². The van der Waals surface area contributed by atoms with E-state index in [1.165, 1.54) is 21.8 Å². The molecular formula is C16H12N2S. The zero-order valence-electron chi connectivity index (χ0n) is 10.2. The second-order valence-corrected chi connectivity index (χ2v) is 5.43. The normalized spacial score (nSPS) is 11.4. The molecule has 0 N–H and O–H groups in total. The van der Waals surface area contributed by atoms with Crippen molar-refractivity contribution in [3.63, 3.8) is 0 Å². The van der Waals surface area contributed by atoms with Crippen LogP contribution in [0.1, 0.15) is 0 Å². The second-order valence-electron chi connectivity index (χ2n) is 4.48. The molecular weight excluding hydrogens is 252 g/mol. The van der Waals surface area contributed by atoms with Crippen molar-refractivity contribution in [3.05, 3.63) is 73.1 Å². The molecule has 92 valence electrons. The van der Waals surface area contributed by atoms with Gasteiger partial charge >= 0.3 is 0 Å². The summed E-state index contributed by atoms with van der Waals surface area (Å²) < 4.78 is 4.39. The SMILES string of the molecule is c1ccc2c(c1)ccn2Sn1ccc2ccccc21. The van der Waals surface area contributed by atoms with E-state index in [-0.39, 0.29) is 0 Å². The molecule has 19 heavy (non-hydrogen) atoms. The van der Waals surface area contributed by atoms with Crippen LogP contribution in [0.4, 0.5) is 0 Å². The van der Waals surface area contributed by atoms with Gasteiger partial charge in [-0.3, -0.25) is 7.94 Å². The molecule has 0 radical (unpaired) electrons. The Balaban J connectivity index is 1.82. The molecule has 2 nitrogen and oxygen atoms in total. The fourth-order valence-electron chi connectivity index (χ4n) is 2.35. The van der Waals surface area contributed by atoms with Gasteiger partial charge in [-0.15, -0.1) is 0 Å². The third-order valence-electron chi connectivity index (χ3n) is 3.30. The van der Waals surface area contributed by atoms with Crippen molar-refractivity contribution < 1.29 is 0 Å². The van der Waals surface area contributed by atoms with E-state index < -0.39 is 0 Å². The molecule has 0 saturated carbocycles. The van der Waals surface area contributed by atoms with Gasteiger partial charge in [0.25, 0.3) is 0 Å². The molecule has 4 rings (SSSR count). The van der Waals surface area contributed by atoms with Crippen molar-refractivity contribution in [1.82, 2.24) is 7.94 Å². The van der Waals surface area contributed by atoms with Crippen molar-refractivity contribution in [3.8, 4) is 0 Å². The molecule has 0 spiro atoms. The van der Waals surface area contributed by atoms with Crippen molar-refractivity contribution in [2.24, 2.45) is 0 Å². The zero-order valence-corrected chi connectivity index (χ0v) is 11.0. The van der Waals surface area contributed by atoms with Crippen molar-refractivity contribution >= 4 is 33.9 Å². The van der Waals surface area contributed by atoms with Crippen LogP contribution in [0.2, 0.25) is 0 Å². The summed E-state index contributed by atoms with van der Waals surface area (Å²) in [4.78, 5) is 0. The summed E-state index contributed by atoms with van der Waals surface area (Å²) in [6, 6.07) is 21.2.